The van der Waals surface area contributed by atoms with E-state index in [9.17, 15) is 5.11 Å². The smallest absolute Gasteiger partial charge is 0.212 e. The molecule has 1 atom stereocenters. The molecule has 24 heavy (non-hydrogen) atoms. The second kappa shape index (κ2) is 7.30. The Balaban J connectivity index is 1.94. The monoisotopic (exact) mass is 374 g/mol. The van der Waals surface area contributed by atoms with Crippen LogP contribution in [-0.2, 0) is 0 Å². The third kappa shape index (κ3) is 3.59. The van der Waals surface area contributed by atoms with Gasteiger partial charge >= 0.3 is 0 Å². The molecule has 6 heteroatoms. The molecule has 3 rings (SSSR count). The largest absolute Gasteiger partial charge is 0.493 e. The highest BCUT2D eigenvalue weighted by Crippen LogP contribution is 2.31. The molecule has 0 aliphatic rings. The first-order valence-corrected chi connectivity index (χ1v) is 8.95. The molecule has 3 aromatic rings. The van der Waals surface area contributed by atoms with E-state index in [4.69, 9.17) is 23.8 Å². The van der Waals surface area contributed by atoms with Gasteiger partial charge < -0.3 is 5.11 Å². The van der Waals surface area contributed by atoms with Crippen molar-refractivity contribution in [1.82, 2.24) is 4.57 Å². The Morgan fingerprint density at radius 3 is 2.67 bits per heavy atom. The van der Waals surface area contributed by atoms with Crippen LogP contribution in [0.4, 0.5) is 5.69 Å². The summed E-state index contributed by atoms with van der Waals surface area (Å²) in [4.78, 5) is 4.99. The zero-order valence-electron chi connectivity index (χ0n) is 12.9. The molecule has 0 spiro atoms. The van der Waals surface area contributed by atoms with Gasteiger partial charge in [0.15, 0.2) is 3.95 Å². The minimum Gasteiger partial charge on any atom is -0.493 e. The van der Waals surface area contributed by atoms with E-state index in [-0.39, 0.29) is 11.9 Å². The molecule has 0 radical (unpaired) electrons. The first-order chi connectivity index (χ1) is 11.6. The molecule has 0 saturated heterocycles. The van der Waals surface area contributed by atoms with Gasteiger partial charge in [-0.3, -0.25) is 9.56 Å². The van der Waals surface area contributed by atoms with Crippen LogP contribution in [0.5, 0.6) is 5.88 Å². The number of rotatable bonds is 4. The third-order valence-electron chi connectivity index (χ3n) is 3.65. The molecular formula is C18H15ClN2OS2. The lowest BCUT2D eigenvalue weighted by atomic mass is 10.1. The molecule has 122 valence electrons. The number of benzene rings is 2. The molecule has 0 aliphatic heterocycles. The van der Waals surface area contributed by atoms with Crippen LogP contribution in [0.3, 0.4) is 0 Å². The van der Waals surface area contributed by atoms with Crippen LogP contribution in [0.2, 0.25) is 5.02 Å². The summed E-state index contributed by atoms with van der Waals surface area (Å²) in [5.74, 6) is 0.132. The van der Waals surface area contributed by atoms with Crippen LogP contribution in [0.25, 0.3) is 0 Å². The summed E-state index contributed by atoms with van der Waals surface area (Å²) in [5.41, 5.74) is 1.81. The Hall–Kier alpha value is -1.95. The van der Waals surface area contributed by atoms with Gasteiger partial charge in [-0.05, 0) is 42.9 Å². The number of nitrogens with zero attached hydrogens (tertiary/aromatic N) is 2. The van der Waals surface area contributed by atoms with E-state index in [0.717, 1.165) is 11.3 Å². The molecule has 2 aromatic carbocycles. The van der Waals surface area contributed by atoms with Crippen molar-refractivity contribution in [3.8, 4) is 5.88 Å². The molecule has 3 nitrogen and oxygen atoms in total. The number of aliphatic imine (C=N–C) groups is 1. The number of hydrogen-bond acceptors (Lipinski definition) is 4. The average molecular weight is 375 g/mol. The highest BCUT2D eigenvalue weighted by Gasteiger charge is 2.16. The van der Waals surface area contributed by atoms with Gasteiger partial charge in [0.2, 0.25) is 5.88 Å². The molecule has 0 fully saturated rings. The van der Waals surface area contributed by atoms with Gasteiger partial charge in [0.05, 0.1) is 17.9 Å². The lowest BCUT2D eigenvalue weighted by molar-refractivity contribution is 0.405. The van der Waals surface area contributed by atoms with Gasteiger partial charge in [0, 0.05) is 5.02 Å². The Bertz CT molecular complexity index is 932. The van der Waals surface area contributed by atoms with Gasteiger partial charge in [-0.1, -0.05) is 59.3 Å². The van der Waals surface area contributed by atoms with E-state index < -0.39 is 0 Å². The Morgan fingerprint density at radius 2 is 1.96 bits per heavy atom. The first-order valence-electron chi connectivity index (χ1n) is 7.35. The van der Waals surface area contributed by atoms with E-state index in [0.29, 0.717) is 13.9 Å². The average Bonchev–Trinajstić information content (AvgIpc) is 2.87. The van der Waals surface area contributed by atoms with Crippen LogP contribution in [-0.4, -0.2) is 15.9 Å². The van der Waals surface area contributed by atoms with Crippen molar-refractivity contribution in [3.05, 3.63) is 74.0 Å². The van der Waals surface area contributed by atoms with E-state index in [1.54, 1.807) is 22.9 Å². The molecule has 0 unspecified atom stereocenters. The summed E-state index contributed by atoms with van der Waals surface area (Å²) in [6.45, 7) is 2.01. The van der Waals surface area contributed by atoms with E-state index >= 15 is 0 Å². The molecule has 0 amide bonds. The predicted molar refractivity (Wildman–Crippen MR) is 104 cm³/mol. The molecule has 1 aromatic heterocycles. The highest BCUT2D eigenvalue weighted by molar-refractivity contribution is 7.73. The number of halogens is 1. The molecule has 1 heterocycles. The van der Waals surface area contributed by atoms with Crippen molar-refractivity contribution in [2.75, 3.05) is 0 Å². The van der Waals surface area contributed by atoms with Crippen molar-refractivity contribution >= 4 is 47.1 Å². The van der Waals surface area contributed by atoms with Crippen molar-refractivity contribution in [1.29, 1.82) is 0 Å². The van der Waals surface area contributed by atoms with Gasteiger partial charge in [0.25, 0.3) is 0 Å². The lowest BCUT2D eigenvalue weighted by Crippen LogP contribution is -2.06. The maximum Gasteiger partial charge on any atom is 0.212 e. The Labute approximate surface area is 154 Å². The molecular weight excluding hydrogens is 360 g/mol. The zero-order valence-corrected chi connectivity index (χ0v) is 15.3. The minimum atomic E-state index is -0.0525. The second-order valence-electron chi connectivity index (χ2n) is 5.25. The van der Waals surface area contributed by atoms with Gasteiger partial charge in [-0.25, -0.2) is 0 Å². The fraction of sp³-hybridized carbons (Fsp3) is 0.111. The maximum atomic E-state index is 10.6. The summed E-state index contributed by atoms with van der Waals surface area (Å²) < 4.78 is 2.35. The first kappa shape index (κ1) is 16.9. The topological polar surface area (TPSA) is 37.5 Å². The van der Waals surface area contributed by atoms with Crippen LogP contribution < -0.4 is 0 Å². The normalized spacial score (nSPS) is 12.6. The lowest BCUT2D eigenvalue weighted by Gasteiger charge is -2.14. The summed E-state index contributed by atoms with van der Waals surface area (Å²) in [6.07, 6.45) is 1.62. The number of aromatic hydroxyl groups is 1. The SMILES string of the molecule is C[C@@H](c1ccccc1)n1c(O)c(C=Nc2cccc(Cl)c2)sc1=S. The van der Waals surface area contributed by atoms with Crippen molar-refractivity contribution in [3.63, 3.8) is 0 Å². The van der Waals surface area contributed by atoms with Crippen LogP contribution in [0.1, 0.15) is 23.4 Å². The summed E-state index contributed by atoms with van der Waals surface area (Å²) in [5, 5.41) is 11.2. The van der Waals surface area contributed by atoms with Crippen molar-refractivity contribution in [2.24, 2.45) is 4.99 Å². The Morgan fingerprint density at radius 1 is 1.21 bits per heavy atom. The maximum absolute atomic E-state index is 10.6. The van der Waals surface area contributed by atoms with Gasteiger partial charge in [-0.2, -0.15) is 0 Å². The van der Waals surface area contributed by atoms with Crippen molar-refractivity contribution in [2.45, 2.75) is 13.0 Å². The van der Waals surface area contributed by atoms with E-state index in [1.807, 2.05) is 49.4 Å². The quantitative estimate of drug-likeness (QED) is 0.449. The summed E-state index contributed by atoms with van der Waals surface area (Å²) in [7, 11) is 0. The number of thiazole rings is 1. The summed E-state index contributed by atoms with van der Waals surface area (Å²) in [6, 6.07) is 17.1. The molecule has 1 N–H and O–H groups in total. The van der Waals surface area contributed by atoms with Gasteiger partial charge in [0.1, 0.15) is 4.88 Å². The van der Waals surface area contributed by atoms with E-state index in [1.165, 1.54) is 11.3 Å². The zero-order chi connectivity index (χ0) is 17.1. The van der Waals surface area contributed by atoms with Gasteiger partial charge in [-0.15, -0.1) is 0 Å². The summed E-state index contributed by atoms with van der Waals surface area (Å²) >= 11 is 12.7. The molecule has 0 aliphatic carbocycles. The standard InChI is InChI=1S/C18H15ClN2OS2/c1-12(13-6-3-2-4-7-13)21-17(22)16(24-18(21)23)11-20-15-9-5-8-14(19)10-15/h2-12,22H,1H3/t12-/m0/s1. The second-order valence-corrected chi connectivity index (χ2v) is 7.36. The predicted octanol–water partition coefficient (Wildman–Crippen LogP) is 6.00. The minimum absolute atomic E-state index is 0.0525. The van der Waals surface area contributed by atoms with Crippen LogP contribution in [0.15, 0.2) is 59.6 Å². The van der Waals surface area contributed by atoms with Crippen LogP contribution in [0, 0.1) is 3.95 Å². The highest BCUT2D eigenvalue weighted by atomic mass is 35.5. The fourth-order valence-electron chi connectivity index (χ4n) is 2.39. The van der Waals surface area contributed by atoms with Crippen molar-refractivity contribution < 1.29 is 5.11 Å². The fourth-order valence-corrected chi connectivity index (χ4v) is 3.91. The number of aromatic nitrogens is 1. The molecule has 0 bridgehead atoms. The third-order valence-corrected chi connectivity index (χ3v) is 5.21. The Kier molecular flexibility index (Phi) is 5.14. The van der Waals surface area contributed by atoms with Crippen LogP contribution >= 0.6 is 35.2 Å². The van der Waals surface area contributed by atoms with E-state index in [2.05, 4.69) is 4.99 Å². The molecule has 0 saturated carbocycles. The number of hydrogen-bond donors (Lipinski definition) is 1.